The van der Waals surface area contributed by atoms with Gasteiger partial charge in [0.05, 0.1) is 13.1 Å². The summed E-state index contributed by atoms with van der Waals surface area (Å²) >= 11 is 0. The van der Waals surface area contributed by atoms with Gasteiger partial charge in [0.1, 0.15) is 12.4 Å². The molecular weight excluding hydrogens is 321 g/mol. The largest absolute Gasteiger partial charge is 0.508 e. The first kappa shape index (κ1) is 18.6. The Balaban J connectivity index is 1.91. The molecule has 0 atom stereocenters. The summed E-state index contributed by atoms with van der Waals surface area (Å²) < 4.78 is 19.0. The number of phenolic OH excluding ortho intramolecular Hbond substituents is 1. The second-order valence-electron chi connectivity index (χ2n) is 5.54. The number of benzene rings is 2. The van der Waals surface area contributed by atoms with Gasteiger partial charge >= 0.3 is 0 Å². The van der Waals surface area contributed by atoms with Gasteiger partial charge in [-0.2, -0.15) is 0 Å². The van der Waals surface area contributed by atoms with E-state index in [0.29, 0.717) is 19.7 Å². The predicted octanol–water partition coefficient (Wildman–Crippen LogP) is 3.01. The number of guanidine groups is 1. The summed E-state index contributed by atoms with van der Waals surface area (Å²) in [5.41, 5.74) is 0.923. The molecule has 0 spiro atoms. The Hall–Kier alpha value is -2.76. The smallest absolute Gasteiger partial charge is 0.194 e. The van der Waals surface area contributed by atoms with Crippen LogP contribution in [0, 0.1) is 5.82 Å². The maximum absolute atomic E-state index is 13.5. The number of hydrogen-bond acceptors (Lipinski definition) is 3. The number of likely N-dealkylation sites (N-methyl/N-ethyl adjacent to an activating group) is 1. The zero-order valence-electron chi connectivity index (χ0n) is 14.6. The molecule has 0 aliphatic carbocycles. The fraction of sp³-hybridized carbons (Fsp3) is 0.316. The molecule has 0 amide bonds. The van der Waals surface area contributed by atoms with Crippen molar-refractivity contribution in [2.24, 2.45) is 4.99 Å². The summed E-state index contributed by atoms with van der Waals surface area (Å²) in [5, 5.41) is 12.7. The first-order valence-corrected chi connectivity index (χ1v) is 8.25. The third-order valence-corrected chi connectivity index (χ3v) is 3.54. The van der Waals surface area contributed by atoms with E-state index in [4.69, 9.17) is 4.74 Å². The third-order valence-electron chi connectivity index (χ3n) is 3.54. The van der Waals surface area contributed by atoms with Crippen LogP contribution in [0.25, 0.3) is 0 Å². The Bertz CT molecular complexity index is 707. The van der Waals surface area contributed by atoms with Crippen molar-refractivity contribution in [1.29, 1.82) is 0 Å². The fourth-order valence-electron chi connectivity index (χ4n) is 2.25. The summed E-state index contributed by atoms with van der Waals surface area (Å²) in [6, 6.07) is 13.4. The van der Waals surface area contributed by atoms with Gasteiger partial charge in [-0.15, -0.1) is 0 Å². The van der Waals surface area contributed by atoms with Crippen molar-refractivity contribution in [3.8, 4) is 11.5 Å². The topological polar surface area (TPSA) is 57.1 Å². The lowest BCUT2D eigenvalue weighted by molar-refractivity contribution is 0.270. The van der Waals surface area contributed by atoms with Gasteiger partial charge in [0.2, 0.25) is 0 Å². The number of nitrogens with one attached hydrogen (secondary N) is 1. The normalized spacial score (nSPS) is 11.2. The minimum Gasteiger partial charge on any atom is -0.508 e. The Kier molecular flexibility index (Phi) is 7.07. The summed E-state index contributed by atoms with van der Waals surface area (Å²) in [4.78, 5) is 6.48. The van der Waals surface area contributed by atoms with Crippen molar-refractivity contribution in [2.45, 2.75) is 13.5 Å². The highest BCUT2D eigenvalue weighted by Gasteiger charge is 2.07. The first-order chi connectivity index (χ1) is 12.1. The van der Waals surface area contributed by atoms with Gasteiger partial charge in [-0.05, 0) is 36.8 Å². The van der Waals surface area contributed by atoms with E-state index in [9.17, 15) is 9.50 Å². The number of aliphatic imine (C=N–C) groups is 1. The molecule has 0 saturated carbocycles. The van der Waals surface area contributed by atoms with E-state index in [1.54, 1.807) is 36.4 Å². The molecule has 0 heterocycles. The number of halogens is 1. The van der Waals surface area contributed by atoms with E-state index in [1.165, 1.54) is 6.07 Å². The standard InChI is InChI=1S/C19H24FN3O2/c1-3-21-19(22-14-15-7-6-8-16(24)13-15)23(2)11-12-25-18-10-5-4-9-17(18)20/h4-10,13,24H,3,11-12,14H2,1-2H3,(H,21,22). The summed E-state index contributed by atoms with van der Waals surface area (Å²) in [6.07, 6.45) is 0. The van der Waals surface area contributed by atoms with Crippen LogP contribution >= 0.6 is 0 Å². The average molecular weight is 345 g/mol. The van der Waals surface area contributed by atoms with Gasteiger partial charge < -0.3 is 20.1 Å². The maximum atomic E-state index is 13.5. The van der Waals surface area contributed by atoms with Gasteiger partial charge in [-0.3, -0.25) is 0 Å². The number of aromatic hydroxyl groups is 1. The van der Waals surface area contributed by atoms with Gasteiger partial charge in [0.25, 0.3) is 0 Å². The van der Waals surface area contributed by atoms with Crippen LogP contribution in [0.3, 0.4) is 0 Å². The lowest BCUT2D eigenvalue weighted by atomic mass is 10.2. The molecule has 0 bridgehead atoms. The van der Waals surface area contributed by atoms with E-state index >= 15 is 0 Å². The Morgan fingerprint density at radius 3 is 2.76 bits per heavy atom. The lowest BCUT2D eigenvalue weighted by Crippen LogP contribution is -2.40. The third kappa shape index (κ3) is 5.99. The van der Waals surface area contributed by atoms with Crippen molar-refractivity contribution in [1.82, 2.24) is 10.2 Å². The minimum absolute atomic E-state index is 0.226. The SMILES string of the molecule is CCNC(=NCc1cccc(O)c1)N(C)CCOc1ccccc1F. The molecule has 0 radical (unpaired) electrons. The molecule has 6 heteroatoms. The molecule has 5 nitrogen and oxygen atoms in total. The van der Waals surface area contributed by atoms with Crippen molar-refractivity contribution in [2.75, 3.05) is 26.7 Å². The van der Waals surface area contributed by atoms with Crippen LogP contribution in [-0.2, 0) is 6.54 Å². The number of ether oxygens (including phenoxy) is 1. The van der Waals surface area contributed by atoms with Crippen LogP contribution in [-0.4, -0.2) is 42.7 Å². The van der Waals surface area contributed by atoms with Gasteiger partial charge in [0, 0.05) is 13.6 Å². The zero-order valence-corrected chi connectivity index (χ0v) is 14.6. The van der Waals surface area contributed by atoms with Crippen molar-refractivity contribution < 1.29 is 14.2 Å². The van der Waals surface area contributed by atoms with E-state index in [2.05, 4.69) is 10.3 Å². The van der Waals surface area contributed by atoms with E-state index in [1.807, 2.05) is 24.9 Å². The van der Waals surface area contributed by atoms with Crippen LogP contribution in [0.2, 0.25) is 0 Å². The summed E-state index contributed by atoms with van der Waals surface area (Å²) in [5.74, 6) is 0.833. The molecule has 2 aromatic rings. The zero-order chi connectivity index (χ0) is 18.1. The maximum Gasteiger partial charge on any atom is 0.194 e. The number of para-hydroxylation sites is 1. The molecule has 0 aliphatic heterocycles. The lowest BCUT2D eigenvalue weighted by Gasteiger charge is -2.22. The monoisotopic (exact) mass is 345 g/mol. The van der Waals surface area contributed by atoms with Crippen LogP contribution in [0.1, 0.15) is 12.5 Å². The first-order valence-electron chi connectivity index (χ1n) is 8.25. The van der Waals surface area contributed by atoms with Crippen LogP contribution < -0.4 is 10.1 Å². The molecule has 25 heavy (non-hydrogen) atoms. The number of hydrogen-bond donors (Lipinski definition) is 2. The van der Waals surface area contributed by atoms with Crippen LogP contribution in [0.15, 0.2) is 53.5 Å². The number of phenols is 1. The highest BCUT2D eigenvalue weighted by Crippen LogP contribution is 2.15. The van der Waals surface area contributed by atoms with Crippen LogP contribution in [0.5, 0.6) is 11.5 Å². The van der Waals surface area contributed by atoms with Crippen LogP contribution in [0.4, 0.5) is 4.39 Å². The Labute approximate surface area is 147 Å². The minimum atomic E-state index is -0.366. The Morgan fingerprint density at radius 1 is 1.24 bits per heavy atom. The molecule has 0 aliphatic rings. The molecule has 0 fully saturated rings. The van der Waals surface area contributed by atoms with Crippen molar-refractivity contribution in [3.63, 3.8) is 0 Å². The predicted molar refractivity (Wildman–Crippen MR) is 97.4 cm³/mol. The van der Waals surface area contributed by atoms with E-state index < -0.39 is 0 Å². The highest BCUT2D eigenvalue weighted by molar-refractivity contribution is 5.79. The average Bonchev–Trinajstić information content (AvgIpc) is 2.60. The van der Waals surface area contributed by atoms with E-state index in [0.717, 1.165) is 18.1 Å². The fourth-order valence-corrected chi connectivity index (χ4v) is 2.25. The molecule has 0 aromatic heterocycles. The van der Waals surface area contributed by atoms with Crippen molar-refractivity contribution >= 4 is 5.96 Å². The Morgan fingerprint density at radius 2 is 2.04 bits per heavy atom. The second kappa shape index (κ2) is 9.52. The molecule has 0 unspecified atom stereocenters. The highest BCUT2D eigenvalue weighted by atomic mass is 19.1. The molecule has 0 saturated heterocycles. The van der Waals surface area contributed by atoms with Gasteiger partial charge in [-0.25, -0.2) is 9.38 Å². The van der Waals surface area contributed by atoms with E-state index in [-0.39, 0.29) is 17.3 Å². The molecule has 2 aromatic carbocycles. The number of rotatable bonds is 7. The number of nitrogens with zero attached hydrogens (tertiary/aromatic N) is 2. The molecular formula is C19H24FN3O2. The molecule has 2 rings (SSSR count). The molecule has 2 N–H and O–H groups in total. The quantitative estimate of drug-likeness (QED) is 0.598. The summed E-state index contributed by atoms with van der Waals surface area (Å²) in [6.45, 7) is 4.08. The molecule has 134 valence electrons. The van der Waals surface area contributed by atoms with Crippen molar-refractivity contribution in [3.05, 3.63) is 59.9 Å². The second-order valence-corrected chi connectivity index (χ2v) is 5.54. The van der Waals surface area contributed by atoms with Gasteiger partial charge in [-0.1, -0.05) is 24.3 Å². The summed E-state index contributed by atoms with van der Waals surface area (Å²) in [7, 11) is 1.90. The van der Waals surface area contributed by atoms with Gasteiger partial charge in [0.15, 0.2) is 17.5 Å².